The van der Waals surface area contributed by atoms with Crippen LogP contribution in [0.15, 0.2) is 29.4 Å². The Morgan fingerprint density at radius 1 is 1.54 bits per heavy atom. The summed E-state index contributed by atoms with van der Waals surface area (Å²) in [7, 11) is 1.83. The van der Waals surface area contributed by atoms with Crippen molar-refractivity contribution < 1.29 is 4.79 Å². The van der Waals surface area contributed by atoms with Gasteiger partial charge in [-0.15, -0.1) is 0 Å². The molecule has 0 atom stereocenters. The number of aryl methyl sites for hydroxylation is 1. The summed E-state index contributed by atoms with van der Waals surface area (Å²) in [5.41, 5.74) is 1.29. The summed E-state index contributed by atoms with van der Waals surface area (Å²) in [6, 6.07) is 5.49. The molecule has 2 aromatic rings. The van der Waals surface area contributed by atoms with E-state index < -0.39 is 0 Å². The second-order valence-electron chi connectivity index (χ2n) is 2.72. The second-order valence-corrected chi connectivity index (χ2v) is 2.72. The molecule has 1 aromatic heterocycles. The number of nitrogens with zero attached hydrogens (tertiary/aromatic N) is 3. The summed E-state index contributed by atoms with van der Waals surface area (Å²) < 4.78 is 1.69. The van der Waals surface area contributed by atoms with Crippen molar-refractivity contribution in [3.63, 3.8) is 0 Å². The first-order valence-electron chi connectivity index (χ1n) is 3.81. The van der Waals surface area contributed by atoms with Crippen molar-refractivity contribution in [2.24, 2.45) is 12.0 Å². The zero-order chi connectivity index (χ0) is 9.26. The maximum atomic E-state index is 10.1. The number of hydrogen-bond acceptors (Lipinski definition) is 3. The van der Waals surface area contributed by atoms with E-state index in [0.717, 1.165) is 10.9 Å². The lowest BCUT2D eigenvalue weighted by atomic mass is 10.2. The molecule has 0 bridgehead atoms. The molecule has 13 heavy (non-hydrogen) atoms. The van der Waals surface area contributed by atoms with Gasteiger partial charge in [0.15, 0.2) is 0 Å². The van der Waals surface area contributed by atoms with Crippen LogP contribution in [0.3, 0.4) is 0 Å². The standard InChI is InChI=1S/C9H7N3O/c1-12-5-7-3-2-4-8(10-6-13)9(7)11-12/h2-5H,1H3. The Bertz CT molecular complexity index is 495. The number of rotatable bonds is 1. The van der Waals surface area contributed by atoms with E-state index in [-0.39, 0.29) is 0 Å². The maximum absolute atomic E-state index is 10.1. The highest BCUT2D eigenvalue weighted by atomic mass is 16.1. The Kier molecular flexibility index (Phi) is 1.69. The molecule has 1 heterocycles. The van der Waals surface area contributed by atoms with E-state index in [4.69, 9.17) is 0 Å². The quantitative estimate of drug-likeness (QED) is 0.485. The summed E-state index contributed by atoms with van der Waals surface area (Å²) in [6.45, 7) is 0. The van der Waals surface area contributed by atoms with Crippen LogP contribution < -0.4 is 0 Å². The van der Waals surface area contributed by atoms with Gasteiger partial charge in [0.2, 0.25) is 6.08 Å². The van der Waals surface area contributed by atoms with Crippen LogP contribution in [0.5, 0.6) is 0 Å². The normalized spacial score (nSPS) is 9.92. The molecule has 0 spiro atoms. The fourth-order valence-corrected chi connectivity index (χ4v) is 1.29. The topological polar surface area (TPSA) is 47.2 Å². The van der Waals surface area contributed by atoms with Gasteiger partial charge in [-0.2, -0.15) is 10.1 Å². The van der Waals surface area contributed by atoms with E-state index in [0.29, 0.717) is 5.69 Å². The van der Waals surface area contributed by atoms with E-state index in [1.165, 1.54) is 6.08 Å². The summed E-state index contributed by atoms with van der Waals surface area (Å²) in [6.07, 6.45) is 3.39. The average Bonchev–Trinajstić information content (AvgIpc) is 2.47. The SMILES string of the molecule is Cn1cc2cccc(N=C=O)c2n1. The number of aliphatic imine (C=N–C) groups is 1. The number of hydrogen-bond donors (Lipinski definition) is 0. The number of carbonyl (C=O) groups excluding carboxylic acids is 1. The van der Waals surface area contributed by atoms with Crippen LogP contribution >= 0.6 is 0 Å². The Balaban J connectivity index is 2.81. The van der Waals surface area contributed by atoms with Gasteiger partial charge in [-0.05, 0) is 6.07 Å². The van der Waals surface area contributed by atoms with Gasteiger partial charge in [-0.25, -0.2) is 4.79 Å². The smallest absolute Gasteiger partial charge is 0.240 e. The molecular formula is C9H7N3O. The fraction of sp³-hybridized carbons (Fsp3) is 0.111. The third-order valence-electron chi connectivity index (χ3n) is 1.80. The van der Waals surface area contributed by atoms with Crippen molar-refractivity contribution in [1.82, 2.24) is 9.78 Å². The number of aromatic nitrogens is 2. The third kappa shape index (κ3) is 1.23. The number of fused-ring (bicyclic) bond motifs is 1. The number of benzene rings is 1. The molecule has 0 amide bonds. The summed E-state index contributed by atoms with van der Waals surface area (Å²) in [5, 5.41) is 5.15. The Labute approximate surface area is 74.5 Å². The van der Waals surface area contributed by atoms with Crippen molar-refractivity contribution >= 4 is 22.7 Å². The van der Waals surface area contributed by atoms with Gasteiger partial charge in [0.05, 0.1) is 0 Å². The predicted molar refractivity (Wildman–Crippen MR) is 48.5 cm³/mol. The highest BCUT2D eigenvalue weighted by Gasteiger charge is 2.02. The Hall–Kier alpha value is -1.93. The molecule has 4 heteroatoms. The van der Waals surface area contributed by atoms with Gasteiger partial charge in [-0.1, -0.05) is 12.1 Å². The van der Waals surface area contributed by atoms with Gasteiger partial charge in [-0.3, -0.25) is 4.68 Å². The number of isocyanates is 1. The molecule has 0 N–H and O–H groups in total. The molecule has 0 aliphatic rings. The molecule has 2 rings (SSSR count). The van der Waals surface area contributed by atoms with E-state index in [1.807, 2.05) is 25.4 Å². The highest BCUT2D eigenvalue weighted by Crippen LogP contribution is 2.23. The van der Waals surface area contributed by atoms with Crippen molar-refractivity contribution in [2.45, 2.75) is 0 Å². The summed E-state index contributed by atoms with van der Waals surface area (Å²) in [5.74, 6) is 0. The van der Waals surface area contributed by atoms with Crippen LogP contribution in [0.1, 0.15) is 0 Å². The van der Waals surface area contributed by atoms with E-state index in [2.05, 4.69) is 10.1 Å². The van der Waals surface area contributed by atoms with Crippen LogP contribution in [-0.2, 0) is 11.8 Å². The first kappa shape index (κ1) is 7.71. The maximum Gasteiger partial charge on any atom is 0.240 e. The van der Waals surface area contributed by atoms with Gasteiger partial charge in [0.1, 0.15) is 11.2 Å². The zero-order valence-corrected chi connectivity index (χ0v) is 7.06. The molecule has 0 fully saturated rings. The van der Waals surface area contributed by atoms with Crippen molar-refractivity contribution in [3.8, 4) is 0 Å². The molecule has 0 saturated carbocycles. The lowest BCUT2D eigenvalue weighted by Crippen LogP contribution is -1.84. The Morgan fingerprint density at radius 3 is 3.15 bits per heavy atom. The second kappa shape index (κ2) is 2.84. The minimum absolute atomic E-state index is 0.563. The van der Waals surface area contributed by atoms with Gasteiger partial charge < -0.3 is 0 Å². The lowest BCUT2D eigenvalue weighted by molar-refractivity contribution is 0.565. The van der Waals surface area contributed by atoms with Gasteiger partial charge in [0.25, 0.3) is 0 Å². The predicted octanol–water partition coefficient (Wildman–Crippen LogP) is 1.54. The fourth-order valence-electron chi connectivity index (χ4n) is 1.29. The first-order valence-corrected chi connectivity index (χ1v) is 3.81. The monoisotopic (exact) mass is 173 g/mol. The third-order valence-corrected chi connectivity index (χ3v) is 1.80. The molecular weight excluding hydrogens is 166 g/mol. The van der Waals surface area contributed by atoms with Crippen LogP contribution in [-0.4, -0.2) is 15.9 Å². The largest absolute Gasteiger partial charge is 0.275 e. The minimum Gasteiger partial charge on any atom is -0.275 e. The molecule has 4 nitrogen and oxygen atoms in total. The van der Waals surface area contributed by atoms with Gasteiger partial charge >= 0.3 is 0 Å². The summed E-state index contributed by atoms with van der Waals surface area (Å²) >= 11 is 0. The van der Waals surface area contributed by atoms with E-state index in [9.17, 15) is 4.79 Å². The first-order chi connectivity index (χ1) is 6.31. The van der Waals surface area contributed by atoms with Crippen molar-refractivity contribution in [3.05, 3.63) is 24.4 Å². The van der Waals surface area contributed by atoms with Crippen LogP contribution in [0, 0.1) is 0 Å². The Morgan fingerprint density at radius 2 is 2.38 bits per heavy atom. The van der Waals surface area contributed by atoms with E-state index >= 15 is 0 Å². The summed E-state index contributed by atoms with van der Waals surface area (Å²) in [4.78, 5) is 13.7. The van der Waals surface area contributed by atoms with Crippen molar-refractivity contribution in [2.75, 3.05) is 0 Å². The molecule has 0 aliphatic heterocycles. The van der Waals surface area contributed by atoms with Crippen LogP contribution in [0.25, 0.3) is 10.9 Å². The van der Waals surface area contributed by atoms with Gasteiger partial charge in [0, 0.05) is 18.6 Å². The molecule has 0 unspecified atom stereocenters. The van der Waals surface area contributed by atoms with Crippen molar-refractivity contribution in [1.29, 1.82) is 0 Å². The zero-order valence-electron chi connectivity index (χ0n) is 7.06. The van der Waals surface area contributed by atoms with Crippen LogP contribution in [0.2, 0.25) is 0 Å². The molecule has 0 aliphatic carbocycles. The lowest BCUT2D eigenvalue weighted by Gasteiger charge is -1.89. The molecule has 64 valence electrons. The molecule has 0 saturated heterocycles. The molecule has 1 aromatic carbocycles. The minimum atomic E-state index is 0.563. The average molecular weight is 173 g/mol. The van der Waals surface area contributed by atoms with Crippen LogP contribution in [0.4, 0.5) is 5.69 Å². The molecule has 0 radical (unpaired) electrons. The van der Waals surface area contributed by atoms with E-state index in [1.54, 1.807) is 10.7 Å². The highest BCUT2D eigenvalue weighted by molar-refractivity contribution is 5.89.